The second-order valence-corrected chi connectivity index (χ2v) is 3.81. The van der Waals surface area contributed by atoms with Gasteiger partial charge in [-0.15, -0.1) is 0 Å². The standard InChI is InChI=1S/C11H15N3/c1-8-4-3-5-11-10(8)6-13-14(11)7-9(2)12/h3-6,9H,7,12H2,1-2H3. The Kier molecular flexibility index (Phi) is 2.25. The molecule has 2 aromatic rings. The van der Waals surface area contributed by atoms with E-state index in [0.29, 0.717) is 0 Å². The predicted molar refractivity (Wildman–Crippen MR) is 58.1 cm³/mol. The van der Waals surface area contributed by atoms with Crippen molar-refractivity contribution in [3.8, 4) is 0 Å². The lowest BCUT2D eigenvalue weighted by molar-refractivity contribution is 0.553. The van der Waals surface area contributed by atoms with Crippen LogP contribution in [0.4, 0.5) is 0 Å². The number of nitrogens with two attached hydrogens (primary N) is 1. The molecule has 0 radical (unpaired) electrons. The van der Waals surface area contributed by atoms with Gasteiger partial charge in [0.05, 0.1) is 18.3 Å². The van der Waals surface area contributed by atoms with Gasteiger partial charge in [0.25, 0.3) is 0 Å². The van der Waals surface area contributed by atoms with Crippen LogP contribution in [0.25, 0.3) is 10.9 Å². The van der Waals surface area contributed by atoms with Gasteiger partial charge >= 0.3 is 0 Å². The summed E-state index contributed by atoms with van der Waals surface area (Å²) in [6, 6.07) is 6.37. The Morgan fingerprint density at radius 3 is 3.00 bits per heavy atom. The van der Waals surface area contributed by atoms with E-state index < -0.39 is 0 Å². The minimum Gasteiger partial charge on any atom is -0.326 e. The van der Waals surface area contributed by atoms with Gasteiger partial charge in [0.15, 0.2) is 0 Å². The van der Waals surface area contributed by atoms with Gasteiger partial charge in [-0.2, -0.15) is 5.10 Å². The lowest BCUT2D eigenvalue weighted by Crippen LogP contribution is -2.22. The monoisotopic (exact) mass is 189 g/mol. The van der Waals surface area contributed by atoms with Crippen molar-refractivity contribution in [2.75, 3.05) is 0 Å². The zero-order valence-corrected chi connectivity index (χ0v) is 8.57. The average molecular weight is 189 g/mol. The highest BCUT2D eigenvalue weighted by atomic mass is 15.3. The van der Waals surface area contributed by atoms with Crippen LogP contribution in [0.5, 0.6) is 0 Å². The first kappa shape index (κ1) is 9.21. The molecule has 0 aliphatic rings. The Labute approximate surface area is 83.5 Å². The summed E-state index contributed by atoms with van der Waals surface area (Å²) in [6.07, 6.45) is 1.91. The second kappa shape index (κ2) is 3.42. The SMILES string of the molecule is Cc1cccc2c1cnn2CC(C)N. The summed E-state index contributed by atoms with van der Waals surface area (Å²) < 4.78 is 1.97. The topological polar surface area (TPSA) is 43.8 Å². The highest BCUT2D eigenvalue weighted by Crippen LogP contribution is 2.17. The molecule has 0 aliphatic heterocycles. The molecule has 1 heterocycles. The fourth-order valence-electron chi connectivity index (χ4n) is 1.67. The third kappa shape index (κ3) is 1.51. The molecule has 1 aromatic carbocycles. The first-order valence-corrected chi connectivity index (χ1v) is 4.85. The fourth-order valence-corrected chi connectivity index (χ4v) is 1.67. The molecule has 0 saturated carbocycles. The Morgan fingerprint density at radius 2 is 2.29 bits per heavy atom. The van der Waals surface area contributed by atoms with Crippen LogP contribution in [0.1, 0.15) is 12.5 Å². The summed E-state index contributed by atoms with van der Waals surface area (Å²) in [7, 11) is 0. The number of benzene rings is 1. The normalized spacial score (nSPS) is 13.4. The Balaban J connectivity index is 2.52. The number of hydrogen-bond donors (Lipinski definition) is 1. The molecule has 0 amide bonds. The second-order valence-electron chi connectivity index (χ2n) is 3.81. The van der Waals surface area contributed by atoms with Crippen molar-refractivity contribution in [1.29, 1.82) is 0 Å². The van der Waals surface area contributed by atoms with Gasteiger partial charge in [0.1, 0.15) is 0 Å². The molecule has 1 unspecified atom stereocenters. The number of fused-ring (bicyclic) bond motifs is 1. The third-order valence-electron chi connectivity index (χ3n) is 2.37. The van der Waals surface area contributed by atoms with Gasteiger partial charge in [-0.05, 0) is 25.5 Å². The van der Waals surface area contributed by atoms with Crippen molar-refractivity contribution in [3.63, 3.8) is 0 Å². The molecule has 3 nitrogen and oxygen atoms in total. The van der Waals surface area contributed by atoms with E-state index in [4.69, 9.17) is 5.73 Å². The molecule has 1 aromatic heterocycles. The van der Waals surface area contributed by atoms with Crippen molar-refractivity contribution < 1.29 is 0 Å². The zero-order chi connectivity index (χ0) is 10.1. The highest BCUT2D eigenvalue weighted by Gasteiger charge is 2.05. The maximum atomic E-state index is 5.75. The quantitative estimate of drug-likeness (QED) is 0.781. The molecule has 2 N–H and O–H groups in total. The lowest BCUT2D eigenvalue weighted by Gasteiger charge is -2.06. The van der Waals surface area contributed by atoms with Crippen LogP contribution in [-0.4, -0.2) is 15.8 Å². The van der Waals surface area contributed by atoms with Crippen LogP contribution in [0.3, 0.4) is 0 Å². The fraction of sp³-hybridized carbons (Fsp3) is 0.364. The van der Waals surface area contributed by atoms with E-state index in [-0.39, 0.29) is 6.04 Å². The number of aryl methyl sites for hydroxylation is 1. The van der Waals surface area contributed by atoms with E-state index in [9.17, 15) is 0 Å². The van der Waals surface area contributed by atoms with Crippen LogP contribution in [0.2, 0.25) is 0 Å². The summed E-state index contributed by atoms with van der Waals surface area (Å²) in [5, 5.41) is 5.55. The van der Waals surface area contributed by atoms with E-state index in [1.165, 1.54) is 16.5 Å². The predicted octanol–water partition coefficient (Wildman–Crippen LogP) is 1.69. The first-order chi connectivity index (χ1) is 6.68. The van der Waals surface area contributed by atoms with Gasteiger partial charge in [-0.25, -0.2) is 0 Å². The summed E-state index contributed by atoms with van der Waals surface area (Å²) in [6.45, 7) is 4.86. The van der Waals surface area contributed by atoms with Crippen molar-refractivity contribution in [2.45, 2.75) is 26.4 Å². The molecular formula is C11H15N3. The van der Waals surface area contributed by atoms with Gasteiger partial charge in [0.2, 0.25) is 0 Å². The van der Waals surface area contributed by atoms with E-state index in [1.54, 1.807) is 0 Å². The van der Waals surface area contributed by atoms with Crippen molar-refractivity contribution in [1.82, 2.24) is 9.78 Å². The zero-order valence-electron chi connectivity index (χ0n) is 8.57. The van der Waals surface area contributed by atoms with Crippen LogP contribution in [0.15, 0.2) is 24.4 Å². The minimum absolute atomic E-state index is 0.138. The van der Waals surface area contributed by atoms with Gasteiger partial charge < -0.3 is 5.73 Å². The number of aromatic nitrogens is 2. The number of rotatable bonds is 2. The third-order valence-corrected chi connectivity index (χ3v) is 2.37. The minimum atomic E-state index is 0.138. The van der Waals surface area contributed by atoms with Crippen molar-refractivity contribution >= 4 is 10.9 Å². The number of hydrogen-bond acceptors (Lipinski definition) is 2. The Morgan fingerprint density at radius 1 is 1.50 bits per heavy atom. The van der Waals surface area contributed by atoms with Gasteiger partial charge in [-0.1, -0.05) is 12.1 Å². The van der Waals surface area contributed by atoms with E-state index in [1.807, 2.05) is 17.8 Å². The first-order valence-electron chi connectivity index (χ1n) is 4.85. The molecular weight excluding hydrogens is 174 g/mol. The van der Waals surface area contributed by atoms with Crippen LogP contribution >= 0.6 is 0 Å². The van der Waals surface area contributed by atoms with E-state index in [2.05, 4.69) is 30.2 Å². The van der Waals surface area contributed by atoms with Crippen LogP contribution in [-0.2, 0) is 6.54 Å². The molecule has 74 valence electrons. The number of nitrogens with zero attached hydrogens (tertiary/aromatic N) is 2. The highest BCUT2D eigenvalue weighted by molar-refractivity contribution is 5.81. The summed E-state index contributed by atoms with van der Waals surface area (Å²) in [5.74, 6) is 0. The molecule has 3 heteroatoms. The Bertz CT molecular complexity index is 443. The molecule has 2 rings (SSSR count). The van der Waals surface area contributed by atoms with E-state index >= 15 is 0 Å². The van der Waals surface area contributed by atoms with E-state index in [0.717, 1.165) is 6.54 Å². The maximum absolute atomic E-state index is 5.75. The van der Waals surface area contributed by atoms with Crippen LogP contribution in [0, 0.1) is 6.92 Å². The van der Waals surface area contributed by atoms with Crippen molar-refractivity contribution in [2.24, 2.45) is 5.73 Å². The van der Waals surface area contributed by atoms with Crippen LogP contribution < -0.4 is 5.73 Å². The lowest BCUT2D eigenvalue weighted by atomic mass is 10.1. The average Bonchev–Trinajstić information content (AvgIpc) is 2.49. The van der Waals surface area contributed by atoms with Gasteiger partial charge in [0, 0.05) is 11.4 Å². The largest absolute Gasteiger partial charge is 0.326 e. The molecule has 1 atom stereocenters. The summed E-state index contributed by atoms with van der Waals surface area (Å²) >= 11 is 0. The summed E-state index contributed by atoms with van der Waals surface area (Å²) in [5.41, 5.74) is 8.18. The Hall–Kier alpha value is -1.35. The molecule has 0 saturated heterocycles. The maximum Gasteiger partial charge on any atom is 0.0685 e. The van der Waals surface area contributed by atoms with Crippen molar-refractivity contribution in [3.05, 3.63) is 30.0 Å². The molecule has 0 aliphatic carbocycles. The summed E-state index contributed by atoms with van der Waals surface area (Å²) in [4.78, 5) is 0. The smallest absolute Gasteiger partial charge is 0.0685 e. The van der Waals surface area contributed by atoms with Gasteiger partial charge in [-0.3, -0.25) is 4.68 Å². The molecule has 0 fully saturated rings. The molecule has 0 spiro atoms. The molecule has 14 heavy (non-hydrogen) atoms. The molecule has 0 bridgehead atoms.